The van der Waals surface area contributed by atoms with E-state index in [1.54, 1.807) is 6.07 Å². The van der Waals surface area contributed by atoms with E-state index in [2.05, 4.69) is 9.97 Å². The van der Waals surface area contributed by atoms with Gasteiger partial charge in [-0.05, 0) is 43.4 Å². The third-order valence-corrected chi connectivity index (χ3v) is 6.03. The van der Waals surface area contributed by atoms with Crippen molar-refractivity contribution in [3.05, 3.63) is 51.2 Å². The Labute approximate surface area is 161 Å². The number of rotatable bonds is 3. The molecule has 1 fully saturated rings. The third kappa shape index (κ3) is 3.12. The van der Waals surface area contributed by atoms with Crippen LogP contribution >= 0.6 is 0 Å². The topological polar surface area (TPSA) is 101 Å². The molecule has 0 saturated carbocycles. The lowest BCUT2D eigenvalue weighted by Gasteiger charge is -2.39. The number of aromatic nitrogens is 2. The van der Waals surface area contributed by atoms with Crippen LogP contribution in [0.5, 0.6) is 5.75 Å². The molecule has 1 spiro atoms. The van der Waals surface area contributed by atoms with Crippen molar-refractivity contribution in [2.75, 3.05) is 25.9 Å². The molecule has 0 atom stereocenters. The number of fused-ring (bicyclic) bond motifs is 2. The largest absolute Gasteiger partial charge is 0.494 e. The Morgan fingerprint density at radius 3 is 2.79 bits per heavy atom. The highest BCUT2D eigenvalue weighted by atomic mass is 19.1. The van der Waals surface area contributed by atoms with Crippen LogP contribution in [0.15, 0.2) is 23.0 Å². The van der Waals surface area contributed by atoms with Gasteiger partial charge >= 0.3 is 0 Å². The van der Waals surface area contributed by atoms with Gasteiger partial charge in [-0.3, -0.25) is 14.6 Å². The first-order chi connectivity index (χ1) is 13.4. The number of nitrogens with zero attached hydrogens (tertiary/aromatic N) is 2. The van der Waals surface area contributed by atoms with Crippen molar-refractivity contribution in [3.63, 3.8) is 0 Å². The second-order valence-electron chi connectivity index (χ2n) is 7.59. The van der Waals surface area contributed by atoms with Gasteiger partial charge in [0.05, 0.1) is 19.2 Å². The van der Waals surface area contributed by atoms with Crippen molar-refractivity contribution in [1.29, 1.82) is 0 Å². The van der Waals surface area contributed by atoms with E-state index in [-0.39, 0.29) is 35.0 Å². The number of carbonyl (C=O) groups is 1. The average Bonchev–Trinajstić information content (AvgIpc) is 3.01. The highest BCUT2D eigenvalue weighted by Crippen LogP contribution is 2.44. The number of ether oxygens (including phenoxy) is 1. The van der Waals surface area contributed by atoms with E-state index in [0.717, 1.165) is 30.5 Å². The predicted octanol–water partition coefficient (Wildman–Crippen LogP) is 1.55. The molecule has 0 radical (unpaired) electrons. The molecule has 1 aromatic carbocycles. The summed E-state index contributed by atoms with van der Waals surface area (Å²) in [6, 6.07) is 4.58. The number of benzene rings is 1. The van der Waals surface area contributed by atoms with Gasteiger partial charge in [0.1, 0.15) is 0 Å². The summed E-state index contributed by atoms with van der Waals surface area (Å²) in [5.41, 5.74) is 7.56. The van der Waals surface area contributed by atoms with E-state index >= 15 is 0 Å². The lowest BCUT2D eigenvalue weighted by Crippen LogP contribution is -2.45. The number of nitrogens with two attached hydrogens (primary N) is 1. The lowest BCUT2D eigenvalue weighted by atomic mass is 9.76. The highest BCUT2D eigenvalue weighted by molar-refractivity contribution is 5.79. The number of halogens is 1. The summed E-state index contributed by atoms with van der Waals surface area (Å²) in [4.78, 5) is 33.6. The number of piperidine rings is 1. The quantitative estimate of drug-likeness (QED) is 0.833. The summed E-state index contributed by atoms with van der Waals surface area (Å²) in [5.74, 6) is -0.194. The maximum atomic E-state index is 13.9. The van der Waals surface area contributed by atoms with Crippen LogP contribution in [0.3, 0.4) is 0 Å². The van der Waals surface area contributed by atoms with Crippen LogP contribution < -0.4 is 16.0 Å². The number of methoxy groups -OCH3 is 1. The van der Waals surface area contributed by atoms with Crippen molar-refractivity contribution in [1.82, 2.24) is 14.9 Å². The van der Waals surface area contributed by atoms with Gasteiger partial charge in [-0.2, -0.15) is 0 Å². The van der Waals surface area contributed by atoms with E-state index in [9.17, 15) is 14.0 Å². The van der Waals surface area contributed by atoms with Gasteiger partial charge in [0.25, 0.3) is 5.56 Å². The zero-order valence-electron chi connectivity index (χ0n) is 15.8. The normalized spacial score (nSPS) is 17.6. The van der Waals surface area contributed by atoms with Gasteiger partial charge in [0, 0.05) is 24.1 Å². The summed E-state index contributed by atoms with van der Waals surface area (Å²) in [5, 5.41) is 0. The number of carbonyl (C=O) groups excluding carboxylic acids is 1. The van der Waals surface area contributed by atoms with Crippen LogP contribution in [-0.4, -0.2) is 41.0 Å². The second kappa shape index (κ2) is 6.92. The summed E-state index contributed by atoms with van der Waals surface area (Å²) < 4.78 is 18.8. The molecule has 1 aliphatic heterocycles. The molecule has 0 unspecified atom stereocenters. The summed E-state index contributed by atoms with van der Waals surface area (Å²) in [6.07, 6.45) is 3.19. The van der Waals surface area contributed by atoms with Crippen LogP contribution in [-0.2, 0) is 23.1 Å². The Morgan fingerprint density at radius 2 is 2.11 bits per heavy atom. The van der Waals surface area contributed by atoms with Crippen LogP contribution in [0.1, 0.15) is 36.1 Å². The predicted molar refractivity (Wildman–Crippen MR) is 102 cm³/mol. The molecule has 0 bridgehead atoms. The molecule has 2 aromatic rings. The fraction of sp³-hybridized carbons (Fsp3) is 0.450. The van der Waals surface area contributed by atoms with Crippen molar-refractivity contribution >= 4 is 11.9 Å². The molecule has 1 amide bonds. The molecule has 1 aliphatic carbocycles. The van der Waals surface area contributed by atoms with Gasteiger partial charge in [0.15, 0.2) is 11.6 Å². The maximum Gasteiger partial charge on any atom is 0.255 e. The molecule has 3 N–H and O–H groups in total. The van der Waals surface area contributed by atoms with Crippen LogP contribution in [0.25, 0.3) is 0 Å². The summed E-state index contributed by atoms with van der Waals surface area (Å²) >= 11 is 0. The Bertz CT molecular complexity index is 980. The van der Waals surface area contributed by atoms with Crippen LogP contribution in [0.4, 0.5) is 10.3 Å². The average molecular weight is 386 g/mol. The fourth-order valence-electron chi connectivity index (χ4n) is 4.45. The van der Waals surface area contributed by atoms with E-state index in [4.69, 9.17) is 10.5 Å². The zero-order valence-corrected chi connectivity index (χ0v) is 15.8. The van der Waals surface area contributed by atoms with E-state index in [0.29, 0.717) is 25.1 Å². The number of hydrogen-bond acceptors (Lipinski definition) is 5. The molecule has 148 valence electrons. The first-order valence-electron chi connectivity index (χ1n) is 9.41. The van der Waals surface area contributed by atoms with E-state index in [1.165, 1.54) is 19.2 Å². The molecular formula is C20H23FN4O3. The fourth-order valence-corrected chi connectivity index (χ4v) is 4.45. The molecule has 28 heavy (non-hydrogen) atoms. The Hall–Kier alpha value is -2.90. The summed E-state index contributed by atoms with van der Waals surface area (Å²) in [6.45, 7) is 1.18. The number of nitrogens with one attached hydrogen (secondary N) is 1. The van der Waals surface area contributed by atoms with Crippen molar-refractivity contribution in [2.24, 2.45) is 0 Å². The molecule has 8 heteroatoms. The standard InChI is InChI=1S/C20H23FN4O3/c1-28-15-3-2-12(10-14(15)21)11-16(26)25-8-6-20(7-9-25)5-4-13-17(20)23-19(22)24-18(13)27/h2-3,10H,4-9,11H2,1H3,(H3,22,23,24,27). The summed E-state index contributed by atoms with van der Waals surface area (Å²) in [7, 11) is 1.41. The number of nitrogen functional groups attached to an aromatic ring is 1. The monoisotopic (exact) mass is 386 g/mol. The number of aromatic amines is 1. The molecule has 1 aromatic heterocycles. The third-order valence-electron chi connectivity index (χ3n) is 6.03. The van der Waals surface area contributed by atoms with Crippen molar-refractivity contribution in [2.45, 2.75) is 37.5 Å². The lowest BCUT2D eigenvalue weighted by molar-refractivity contribution is -0.132. The molecule has 2 aliphatic rings. The second-order valence-corrected chi connectivity index (χ2v) is 7.59. The Kier molecular flexibility index (Phi) is 4.56. The van der Waals surface area contributed by atoms with Crippen LogP contribution in [0, 0.1) is 5.82 Å². The van der Waals surface area contributed by atoms with Crippen molar-refractivity contribution in [3.8, 4) is 5.75 Å². The number of likely N-dealkylation sites (tertiary alicyclic amines) is 1. The number of anilines is 1. The molecule has 7 nitrogen and oxygen atoms in total. The smallest absolute Gasteiger partial charge is 0.255 e. The Balaban J connectivity index is 1.45. The van der Waals surface area contributed by atoms with Crippen LogP contribution in [0.2, 0.25) is 0 Å². The first kappa shape index (κ1) is 18.5. The van der Waals surface area contributed by atoms with E-state index in [1.807, 2.05) is 4.90 Å². The van der Waals surface area contributed by atoms with E-state index < -0.39 is 5.82 Å². The van der Waals surface area contributed by atoms with Gasteiger partial charge < -0.3 is 15.4 Å². The van der Waals surface area contributed by atoms with Gasteiger partial charge in [0.2, 0.25) is 11.9 Å². The number of amides is 1. The highest BCUT2D eigenvalue weighted by Gasteiger charge is 2.44. The number of H-pyrrole nitrogens is 1. The molecule has 4 rings (SSSR count). The molecule has 2 heterocycles. The van der Waals surface area contributed by atoms with Gasteiger partial charge in [-0.1, -0.05) is 6.07 Å². The molecular weight excluding hydrogens is 363 g/mol. The minimum absolute atomic E-state index is 0.0315. The zero-order chi connectivity index (χ0) is 19.9. The Morgan fingerprint density at radius 1 is 1.36 bits per heavy atom. The number of hydrogen-bond donors (Lipinski definition) is 2. The van der Waals surface area contributed by atoms with Gasteiger partial charge in [-0.25, -0.2) is 9.37 Å². The maximum absolute atomic E-state index is 13.9. The van der Waals surface area contributed by atoms with Gasteiger partial charge in [-0.15, -0.1) is 0 Å². The first-order valence-corrected chi connectivity index (χ1v) is 9.41. The minimum atomic E-state index is -0.471. The molecule has 1 saturated heterocycles. The van der Waals surface area contributed by atoms with Crippen molar-refractivity contribution < 1.29 is 13.9 Å². The SMILES string of the molecule is COc1ccc(CC(=O)N2CCC3(CCc4c3nc(N)[nH]c4=O)CC2)cc1F. The minimum Gasteiger partial charge on any atom is -0.494 e.